The molecule has 9 nitrogen and oxygen atoms in total. The van der Waals surface area contributed by atoms with Crippen molar-refractivity contribution in [3.8, 4) is 11.5 Å². The molecule has 0 bridgehead atoms. The predicted octanol–water partition coefficient (Wildman–Crippen LogP) is 4.81. The Hall–Kier alpha value is -3.47. The summed E-state index contributed by atoms with van der Waals surface area (Å²) in [6.07, 6.45) is 4.26. The average Bonchev–Trinajstić information content (AvgIpc) is 3.45. The molecule has 0 aliphatic carbocycles. The van der Waals surface area contributed by atoms with Crippen molar-refractivity contribution >= 4 is 51.3 Å². The summed E-state index contributed by atoms with van der Waals surface area (Å²) in [6.45, 7) is 0.790. The highest BCUT2D eigenvalue weighted by atomic mass is 35.5. The van der Waals surface area contributed by atoms with Crippen molar-refractivity contribution < 1.29 is 19.4 Å². The van der Waals surface area contributed by atoms with Crippen LogP contribution in [0.5, 0.6) is 11.5 Å². The number of aliphatic hydroxyl groups excluding tert-OH is 1. The second-order valence-electron chi connectivity index (χ2n) is 8.62. The summed E-state index contributed by atoms with van der Waals surface area (Å²) in [7, 11) is 0. The Morgan fingerprint density at radius 1 is 1.16 bits per heavy atom. The molecule has 1 fully saturated rings. The third-order valence-corrected chi connectivity index (χ3v) is 7.12. The average molecular weight is 540 g/mol. The van der Waals surface area contributed by atoms with Gasteiger partial charge in [0.25, 0.3) is 0 Å². The summed E-state index contributed by atoms with van der Waals surface area (Å²) in [5.74, 6) is 1.47. The van der Waals surface area contributed by atoms with Gasteiger partial charge in [-0.15, -0.1) is 11.3 Å². The number of fused-ring (bicyclic) bond motifs is 1. The van der Waals surface area contributed by atoms with E-state index in [1.807, 2.05) is 29.6 Å². The van der Waals surface area contributed by atoms with Gasteiger partial charge in [0.2, 0.25) is 5.91 Å². The molecule has 37 heavy (non-hydrogen) atoms. The van der Waals surface area contributed by atoms with Crippen LogP contribution in [0.1, 0.15) is 25.0 Å². The van der Waals surface area contributed by atoms with Crippen LogP contribution in [-0.4, -0.2) is 56.7 Å². The zero-order valence-electron chi connectivity index (χ0n) is 20.0. The molecule has 2 N–H and O–H groups in total. The smallest absolute Gasteiger partial charge is 0.248 e. The van der Waals surface area contributed by atoms with Crippen molar-refractivity contribution in [2.24, 2.45) is 0 Å². The van der Waals surface area contributed by atoms with Crippen LogP contribution in [0.2, 0.25) is 5.02 Å². The molecule has 1 atom stereocenters. The number of carbonyl (C=O) groups excluding carboxylic acids is 1. The van der Waals surface area contributed by atoms with E-state index in [0.29, 0.717) is 42.1 Å². The molecular formula is C26H26ClN5O4S. The molecule has 0 radical (unpaired) electrons. The number of aliphatic hydroxyl groups is 1. The third-order valence-electron chi connectivity index (χ3n) is 6.19. The van der Waals surface area contributed by atoms with Crippen molar-refractivity contribution in [2.75, 3.05) is 25.1 Å². The predicted molar refractivity (Wildman–Crippen MR) is 143 cm³/mol. The van der Waals surface area contributed by atoms with Gasteiger partial charge in [-0.2, -0.15) is 0 Å². The number of thiazole rings is 1. The van der Waals surface area contributed by atoms with E-state index in [1.54, 1.807) is 22.5 Å². The number of amides is 1. The van der Waals surface area contributed by atoms with E-state index >= 15 is 0 Å². The fourth-order valence-corrected chi connectivity index (χ4v) is 5.14. The van der Waals surface area contributed by atoms with Gasteiger partial charge in [-0.1, -0.05) is 17.7 Å². The number of piperidine rings is 1. The van der Waals surface area contributed by atoms with Crippen LogP contribution in [0.4, 0.5) is 11.5 Å². The molecule has 3 heterocycles. The SMILES string of the molecule is O=C(CO)N1CCCC[C@H]1COc1cccc2ncnc(Nc3ccc(OCc4cscn4)c(Cl)c3)c12. The van der Waals surface area contributed by atoms with Crippen LogP contribution in [0, 0.1) is 0 Å². The first-order valence-electron chi connectivity index (χ1n) is 12.0. The molecule has 2 aromatic carbocycles. The lowest BCUT2D eigenvalue weighted by molar-refractivity contribution is -0.138. The number of nitrogens with zero attached hydrogens (tertiary/aromatic N) is 4. The number of carbonyl (C=O) groups is 1. The van der Waals surface area contributed by atoms with Gasteiger partial charge in [0.15, 0.2) is 0 Å². The van der Waals surface area contributed by atoms with E-state index in [4.69, 9.17) is 21.1 Å². The van der Waals surface area contributed by atoms with Gasteiger partial charge in [0.05, 0.1) is 33.2 Å². The minimum atomic E-state index is -0.496. The minimum Gasteiger partial charge on any atom is -0.491 e. The number of benzene rings is 2. The lowest BCUT2D eigenvalue weighted by atomic mass is 10.0. The molecular weight excluding hydrogens is 514 g/mol. The van der Waals surface area contributed by atoms with Crippen molar-refractivity contribution in [2.45, 2.75) is 31.9 Å². The fraction of sp³-hybridized carbons (Fsp3) is 0.308. The zero-order valence-corrected chi connectivity index (χ0v) is 21.5. The number of anilines is 2. The summed E-state index contributed by atoms with van der Waals surface area (Å²) in [5.41, 5.74) is 4.06. The molecule has 0 saturated carbocycles. The van der Waals surface area contributed by atoms with Gasteiger partial charge in [-0.05, 0) is 49.6 Å². The molecule has 1 aliphatic rings. The standard InChI is InChI=1S/C26H26ClN5O4S/c27-20-10-17(7-8-22(20)35-12-18-14-37-16-30-18)31-26-25-21(28-15-29-26)5-3-6-23(25)36-13-19-4-1-2-9-32(19)24(34)11-33/h3,5-8,10,14-16,19,33H,1-2,4,9,11-13H2,(H,28,29,31)/t19-/m0/s1. The van der Waals surface area contributed by atoms with Crippen molar-refractivity contribution in [3.05, 3.63) is 64.3 Å². The van der Waals surface area contributed by atoms with E-state index < -0.39 is 6.61 Å². The molecule has 0 spiro atoms. The lowest BCUT2D eigenvalue weighted by Crippen LogP contribution is -2.47. The number of likely N-dealkylation sites (tertiary alicyclic amines) is 1. The van der Waals surface area contributed by atoms with Gasteiger partial charge < -0.3 is 24.8 Å². The van der Waals surface area contributed by atoms with Gasteiger partial charge in [-0.3, -0.25) is 4.79 Å². The first kappa shape index (κ1) is 25.2. The second-order valence-corrected chi connectivity index (χ2v) is 9.74. The highest BCUT2D eigenvalue weighted by Gasteiger charge is 2.27. The Kier molecular flexibility index (Phi) is 7.98. The van der Waals surface area contributed by atoms with Crippen LogP contribution in [0.3, 0.4) is 0 Å². The number of aromatic nitrogens is 3. The number of nitrogens with one attached hydrogen (secondary N) is 1. The number of rotatable bonds is 9. The molecule has 0 unspecified atom stereocenters. The summed E-state index contributed by atoms with van der Waals surface area (Å²) in [5, 5.41) is 15.8. The van der Waals surface area contributed by atoms with Crippen LogP contribution in [0.15, 0.2) is 53.6 Å². The molecule has 1 saturated heterocycles. The fourth-order valence-electron chi connectivity index (χ4n) is 4.37. The maximum absolute atomic E-state index is 12.2. The Morgan fingerprint density at radius 2 is 2.08 bits per heavy atom. The van der Waals surface area contributed by atoms with Crippen molar-refractivity contribution in [1.82, 2.24) is 19.9 Å². The van der Waals surface area contributed by atoms with Gasteiger partial charge in [-0.25, -0.2) is 15.0 Å². The molecule has 1 aliphatic heterocycles. The summed E-state index contributed by atoms with van der Waals surface area (Å²) >= 11 is 8.00. The molecule has 2 aromatic heterocycles. The molecule has 192 valence electrons. The monoisotopic (exact) mass is 539 g/mol. The van der Waals surface area contributed by atoms with E-state index in [-0.39, 0.29) is 11.9 Å². The normalized spacial score (nSPS) is 15.5. The van der Waals surface area contributed by atoms with Crippen LogP contribution in [0.25, 0.3) is 10.9 Å². The van der Waals surface area contributed by atoms with Crippen molar-refractivity contribution in [3.63, 3.8) is 0 Å². The first-order valence-corrected chi connectivity index (χ1v) is 13.3. The Balaban J connectivity index is 1.34. The Morgan fingerprint density at radius 3 is 2.89 bits per heavy atom. The topological polar surface area (TPSA) is 110 Å². The largest absolute Gasteiger partial charge is 0.491 e. The van der Waals surface area contributed by atoms with E-state index in [9.17, 15) is 9.90 Å². The maximum atomic E-state index is 12.2. The number of ether oxygens (including phenoxy) is 2. The minimum absolute atomic E-state index is 0.0969. The molecule has 4 aromatic rings. The first-order chi connectivity index (χ1) is 18.1. The highest BCUT2D eigenvalue weighted by Crippen LogP contribution is 2.34. The zero-order chi connectivity index (χ0) is 25.6. The van der Waals surface area contributed by atoms with Crippen LogP contribution >= 0.6 is 22.9 Å². The van der Waals surface area contributed by atoms with Crippen molar-refractivity contribution in [1.29, 1.82) is 0 Å². The quantitative estimate of drug-likeness (QED) is 0.312. The number of halogens is 1. The van der Waals surface area contributed by atoms with Crippen LogP contribution in [-0.2, 0) is 11.4 Å². The summed E-state index contributed by atoms with van der Waals surface area (Å²) in [4.78, 5) is 27.0. The Bertz CT molecular complexity index is 1370. The third kappa shape index (κ3) is 5.93. The molecule has 1 amide bonds. The number of hydrogen-bond donors (Lipinski definition) is 2. The van der Waals surface area contributed by atoms with Gasteiger partial charge in [0.1, 0.15) is 43.5 Å². The van der Waals surface area contributed by atoms with Crippen LogP contribution < -0.4 is 14.8 Å². The second kappa shape index (κ2) is 11.7. The van der Waals surface area contributed by atoms with Gasteiger partial charge in [0, 0.05) is 17.6 Å². The highest BCUT2D eigenvalue weighted by molar-refractivity contribution is 7.07. The molecule has 11 heteroatoms. The summed E-state index contributed by atoms with van der Waals surface area (Å²) < 4.78 is 12.0. The van der Waals surface area contributed by atoms with E-state index in [0.717, 1.165) is 41.5 Å². The Labute approximate surface area is 223 Å². The molecule has 5 rings (SSSR count). The summed E-state index contributed by atoms with van der Waals surface area (Å²) in [6, 6.07) is 11.0. The van der Waals surface area contributed by atoms with E-state index in [2.05, 4.69) is 20.3 Å². The maximum Gasteiger partial charge on any atom is 0.248 e. The lowest BCUT2D eigenvalue weighted by Gasteiger charge is -2.35. The van der Waals surface area contributed by atoms with E-state index in [1.165, 1.54) is 17.7 Å². The van der Waals surface area contributed by atoms with Gasteiger partial charge >= 0.3 is 0 Å². The number of hydrogen-bond acceptors (Lipinski definition) is 9.